The summed E-state index contributed by atoms with van der Waals surface area (Å²) in [6.07, 6.45) is 7.73. The Bertz CT molecular complexity index is 1170. The molecule has 0 spiro atoms. The number of carboxylic acid groups (broad SMARTS) is 1. The number of fused-ring (bicyclic) bond motifs is 3. The molecule has 5 heteroatoms. The average molecular weight is 447 g/mol. The number of piperidine rings is 2. The third kappa shape index (κ3) is 3.77. The molecule has 174 valence electrons. The first-order chi connectivity index (χ1) is 15.9. The number of carbonyl (C=O) groups is 1. The van der Waals surface area contributed by atoms with Crippen LogP contribution in [0.3, 0.4) is 0 Å². The summed E-state index contributed by atoms with van der Waals surface area (Å²) in [5, 5.41) is 10.7. The number of carboxylic acids is 1. The van der Waals surface area contributed by atoms with Crippen molar-refractivity contribution in [3.05, 3.63) is 70.4 Å². The summed E-state index contributed by atoms with van der Waals surface area (Å²) in [5.74, 6) is -0.876. The van der Waals surface area contributed by atoms with Gasteiger partial charge in [0.05, 0.1) is 11.7 Å². The zero-order valence-corrected chi connectivity index (χ0v) is 19.9. The second kappa shape index (κ2) is 8.62. The van der Waals surface area contributed by atoms with Gasteiger partial charge in [0.25, 0.3) is 0 Å². The number of hydrogen-bond acceptors (Lipinski definition) is 3. The van der Waals surface area contributed by atoms with Crippen LogP contribution in [0.4, 0.5) is 0 Å². The van der Waals surface area contributed by atoms with Gasteiger partial charge in [0.15, 0.2) is 0 Å². The third-order valence-electron chi connectivity index (χ3n) is 7.99. The van der Waals surface area contributed by atoms with Crippen LogP contribution < -0.4 is 0 Å². The maximum atomic E-state index is 11.5. The van der Waals surface area contributed by atoms with E-state index in [0.717, 1.165) is 32.4 Å². The van der Waals surface area contributed by atoms with Gasteiger partial charge in [-0.2, -0.15) is 0 Å². The number of aromatic carboxylic acids is 1. The van der Waals surface area contributed by atoms with Crippen LogP contribution in [0.15, 0.2) is 42.6 Å². The molecule has 33 heavy (non-hydrogen) atoms. The molecule has 2 aromatic carbocycles. The highest BCUT2D eigenvalue weighted by atomic mass is 16.5. The number of aromatic nitrogens is 1. The summed E-state index contributed by atoms with van der Waals surface area (Å²) in [5.41, 5.74) is 6.66. The van der Waals surface area contributed by atoms with Crippen molar-refractivity contribution in [2.75, 3.05) is 6.61 Å². The maximum Gasteiger partial charge on any atom is 0.335 e. The second-order valence-corrected chi connectivity index (χ2v) is 9.86. The highest BCUT2D eigenvalue weighted by Gasteiger charge is 2.50. The van der Waals surface area contributed by atoms with Crippen LogP contribution in [-0.4, -0.2) is 39.7 Å². The molecule has 5 nitrogen and oxygen atoms in total. The van der Waals surface area contributed by atoms with Gasteiger partial charge >= 0.3 is 5.97 Å². The molecule has 3 heterocycles. The van der Waals surface area contributed by atoms with E-state index in [9.17, 15) is 9.90 Å². The first-order valence-corrected chi connectivity index (χ1v) is 12.2. The number of nitrogens with one attached hydrogen (secondary N) is 1. The van der Waals surface area contributed by atoms with Gasteiger partial charge < -0.3 is 14.8 Å². The normalized spacial score (nSPS) is 25.4. The van der Waals surface area contributed by atoms with Gasteiger partial charge in [-0.15, -0.1) is 0 Å². The minimum absolute atomic E-state index is 0.141. The van der Waals surface area contributed by atoms with Crippen molar-refractivity contribution in [3.8, 4) is 0 Å². The SMILES string of the molecule is CCO[C@H]1C[C@H]2CCCC(c3ccc(C(=O)O)cc3)(C1)N2Cc1c(C)cc(C)c2[nH]ccc12. The Morgan fingerprint density at radius 1 is 1.21 bits per heavy atom. The first-order valence-electron chi connectivity index (χ1n) is 12.2. The van der Waals surface area contributed by atoms with Crippen molar-refractivity contribution in [2.45, 2.75) is 77.1 Å². The lowest BCUT2D eigenvalue weighted by Crippen LogP contribution is -2.60. The summed E-state index contributed by atoms with van der Waals surface area (Å²) >= 11 is 0. The lowest BCUT2D eigenvalue weighted by Gasteiger charge is -2.57. The number of hydrogen-bond donors (Lipinski definition) is 2. The van der Waals surface area contributed by atoms with E-state index in [0.29, 0.717) is 11.6 Å². The fraction of sp³-hybridized carbons (Fsp3) is 0.464. The molecular weight excluding hydrogens is 412 g/mol. The van der Waals surface area contributed by atoms with Crippen LogP contribution in [-0.2, 0) is 16.8 Å². The zero-order chi connectivity index (χ0) is 23.2. The predicted octanol–water partition coefficient (Wildman–Crippen LogP) is 5.93. The fourth-order valence-electron chi connectivity index (χ4n) is 6.52. The highest BCUT2D eigenvalue weighted by molar-refractivity contribution is 5.88. The lowest BCUT2D eigenvalue weighted by atomic mass is 9.69. The quantitative estimate of drug-likeness (QED) is 0.492. The van der Waals surface area contributed by atoms with Crippen LogP contribution in [0.2, 0.25) is 0 Å². The van der Waals surface area contributed by atoms with E-state index in [-0.39, 0.29) is 11.6 Å². The fourth-order valence-corrected chi connectivity index (χ4v) is 6.52. The number of ether oxygens (including phenoxy) is 1. The Morgan fingerprint density at radius 3 is 2.73 bits per heavy atom. The van der Waals surface area contributed by atoms with E-state index in [4.69, 9.17) is 4.74 Å². The average Bonchev–Trinajstić information content (AvgIpc) is 3.27. The summed E-state index contributed by atoms with van der Waals surface area (Å²) in [7, 11) is 0. The number of benzene rings is 2. The van der Waals surface area contributed by atoms with Gasteiger partial charge in [-0.25, -0.2) is 4.79 Å². The van der Waals surface area contributed by atoms with Crippen molar-refractivity contribution in [1.29, 1.82) is 0 Å². The lowest BCUT2D eigenvalue weighted by molar-refractivity contribution is -0.115. The molecule has 2 bridgehead atoms. The van der Waals surface area contributed by atoms with Crippen molar-refractivity contribution < 1.29 is 14.6 Å². The van der Waals surface area contributed by atoms with Crippen LogP contribution in [0.25, 0.3) is 10.9 Å². The van der Waals surface area contributed by atoms with E-state index >= 15 is 0 Å². The first kappa shape index (κ1) is 22.2. The predicted molar refractivity (Wildman–Crippen MR) is 131 cm³/mol. The van der Waals surface area contributed by atoms with Crippen LogP contribution >= 0.6 is 0 Å². The standard InChI is InChI=1S/C28H34N2O3/c1-4-33-23-15-22-6-5-12-28(16-23,21-9-7-20(8-10-21)27(31)32)30(22)17-25-18(2)14-19(3)26-24(25)11-13-29-26/h7-11,13-14,22-23,29H,4-6,12,15-17H2,1-3H3,(H,31,32)/t22-,23+,28?/m1/s1. The Morgan fingerprint density at radius 2 is 2.00 bits per heavy atom. The van der Waals surface area contributed by atoms with Gasteiger partial charge in [0.2, 0.25) is 0 Å². The Kier molecular flexibility index (Phi) is 5.79. The second-order valence-electron chi connectivity index (χ2n) is 9.86. The van der Waals surface area contributed by atoms with E-state index in [1.54, 1.807) is 12.1 Å². The molecular formula is C28H34N2O3. The molecule has 5 rings (SSSR count). The van der Waals surface area contributed by atoms with Gasteiger partial charge in [-0.05, 0) is 93.3 Å². The summed E-state index contributed by atoms with van der Waals surface area (Å²) in [4.78, 5) is 17.6. The monoisotopic (exact) mass is 446 g/mol. The van der Waals surface area contributed by atoms with Gasteiger partial charge in [-0.1, -0.05) is 18.2 Å². The minimum atomic E-state index is -0.876. The highest BCUT2D eigenvalue weighted by Crippen LogP contribution is 2.50. The molecule has 3 aromatic rings. The third-order valence-corrected chi connectivity index (χ3v) is 7.99. The number of H-pyrrole nitrogens is 1. The topological polar surface area (TPSA) is 65.6 Å². The van der Waals surface area contributed by atoms with Crippen LogP contribution in [0.1, 0.15) is 71.6 Å². The van der Waals surface area contributed by atoms with E-state index < -0.39 is 5.97 Å². The molecule has 0 amide bonds. The maximum absolute atomic E-state index is 11.5. The Balaban J connectivity index is 1.60. The van der Waals surface area contributed by atoms with Crippen LogP contribution in [0, 0.1) is 13.8 Å². The van der Waals surface area contributed by atoms with Crippen LogP contribution in [0.5, 0.6) is 0 Å². The van der Waals surface area contributed by atoms with E-state index in [1.807, 2.05) is 18.3 Å². The molecule has 2 saturated heterocycles. The van der Waals surface area contributed by atoms with Crippen molar-refractivity contribution in [2.24, 2.45) is 0 Å². The number of aryl methyl sites for hydroxylation is 2. The smallest absolute Gasteiger partial charge is 0.335 e. The summed E-state index contributed by atoms with van der Waals surface area (Å²) in [6, 6.07) is 12.6. The number of rotatable bonds is 6. The molecule has 3 atom stereocenters. The number of aromatic amines is 1. The molecule has 2 N–H and O–H groups in total. The molecule has 1 unspecified atom stereocenters. The molecule has 1 aromatic heterocycles. The number of nitrogens with zero attached hydrogens (tertiary/aromatic N) is 1. The molecule has 0 aliphatic carbocycles. The summed E-state index contributed by atoms with van der Waals surface area (Å²) < 4.78 is 6.20. The molecule has 2 aliphatic rings. The van der Waals surface area contributed by atoms with Crippen molar-refractivity contribution in [1.82, 2.24) is 9.88 Å². The molecule has 2 fully saturated rings. The Hall–Kier alpha value is -2.63. The van der Waals surface area contributed by atoms with Crippen molar-refractivity contribution in [3.63, 3.8) is 0 Å². The molecule has 0 saturated carbocycles. The van der Waals surface area contributed by atoms with Gasteiger partial charge in [-0.3, -0.25) is 4.90 Å². The minimum Gasteiger partial charge on any atom is -0.478 e. The van der Waals surface area contributed by atoms with E-state index in [1.165, 1.54) is 46.0 Å². The van der Waals surface area contributed by atoms with E-state index in [2.05, 4.69) is 42.8 Å². The molecule has 2 aliphatic heterocycles. The molecule has 0 radical (unpaired) electrons. The largest absolute Gasteiger partial charge is 0.478 e. The van der Waals surface area contributed by atoms with Gasteiger partial charge in [0, 0.05) is 41.8 Å². The Labute approximate surface area is 195 Å². The summed E-state index contributed by atoms with van der Waals surface area (Å²) in [6.45, 7) is 8.10. The van der Waals surface area contributed by atoms with Gasteiger partial charge in [0.1, 0.15) is 0 Å². The van der Waals surface area contributed by atoms with Crippen molar-refractivity contribution >= 4 is 16.9 Å². The zero-order valence-electron chi connectivity index (χ0n) is 19.9.